The molecule has 1 fully saturated rings. The molecule has 158 valence electrons. The number of rotatable bonds is 6. The highest BCUT2D eigenvalue weighted by Crippen LogP contribution is 2.32. The molecule has 10 heteroatoms. The molecule has 1 amide bonds. The van der Waals surface area contributed by atoms with E-state index < -0.39 is 29.3 Å². The van der Waals surface area contributed by atoms with Crippen molar-refractivity contribution in [1.29, 1.82) is 0 Å². The lowest BCUT2D eigenvalue weighted by Crippen LogP contribution is -2.33. The molecule has 1 saturated carbocycles. The van der Waals surface area contributed by atoms with Crippen LogP contribution in [0.5, 0.6) is 0 Å². The van der Waals surface area contributed by atoms with E-state index in [0.29, 0.717) is 10.6 Å². The van der Waals surface area contributed by atoms with E-state index in [1.165, 1.54) is 6.42 Å². The van der Waals surface area contributed by atoms with Crippen molar-refractivity contribution in [2.24, 2.45) is 5.92 Å². The SMILES string of the molecule is CC1CCCCC1OCCNC(=O)c1nnn(-c2ccc(F)cc2)c1C(F)(F)F. The molecule has 1 aliphatic carbocycles. The van der Waals surface area contributed by atoms with Gasteiger partial charge in [0.25, 0.3) is 5.91 Å². The van der Waals surface area contributed by atoms with Gasteiger partial charge in [-0.25, -0.2) is 9.07 Å². The zero-order valence-electron chi connectivity index (χ0n) is 15.9. The summed E-state index contributed by atoms with van der Waals surface area (Å²) in [5.74, 6) is -1.18. The second-order valence-corrected chi connectivity index (χ2v) is 7.10. The number of nitrogens with zero attached hydrogens (tertiary/aromatic N) is 3. The van der Waals surface area contributed by atoms with E-state index in [4.69, 9.17) is 4.74 Å². The van der Waals surface area contributed by atoms with Gasteiger partial charge in [-0.1, -0.05) is 25.0 Å². The third-order valence-electron chi connectivity index (χ3n) is 4.98. The maximum Gasteiger partial charge on any atom is 0.435 e. The Hall–Kier alpha value is -2.49. The monoisotopic (exact) mass is 414 g/mol. The van der Waals surface area contributed by atoms with Crippen LogP contribution in [-0.2, 0) is 10.9 Å². The molecule has 0 bridgehead atoms. The van der Waals surface area contributed by atoms with Crippen molar-refractivity contribution in [2.45, 2.75) is 44.9 Å². The molecule has 0 radical (unpaired) electrons. The van der Waals surface area contributed by atoms with E-state index in [9.17, 15) is 22.4 Å². The van der Waals surface area contributed by atoms with Gasteiger partial charge in [0.15, 0.2) is 11.4 Å². The normalized spacial score (nSPS) is 19.9. The zero-order valence-corrected chi connectivity index (χ0v) is 15.9. The average molecular weight is 414 g/mol. The summed E-state index contributed by atoms with van der Waals surface area (Å²) < 4.78 is 60.0. The Morgan fingerprint density at radius 3 is 2.59 bits per heavy atom. The fourth-order valence-electron chi connectivity index (χ4n) is 3.44. The van der Waals surface area contributed by atoms with E-state index >= 15 is 0 Å². The molecular formula is C19H22F4N4O2. The number of aromatic nitrogens is 3. The molecule has 1 aliphatic rings. The first-order chi connectivity index (χ1) is 13.8. The fourth-order valence-corrected chi connectivity index (χ4v) is 3.44. The summed E-state index contributed by atoms with van der Waals surface area (Å²) >= 11 is 0. The first-order valence-corrected chi connectivity index (χ1v) is 9.46. The lowest BCUT2D eigenvalue weighted by atomic mass is 9.88. The second kappa shape index (κ2) is 8.89. The number of halogens is 4. The lowest BCUT2D eigenvalue weighted by Gasteiger charge is -2.28. The molecule has 3 rings (SSSR count). The van der Waals surface area contributed by atoms with Crippen molar-refractivity contribution < 1.29 is 27.1 Å². The highest BCUT2D eigenvalue weighted by molar-refractivity contribution is 5.93. The van der Waals surface area contributed by atoms with Crippen LogP contribution in [0.1, 0.15) is 48.8 Å². The molecule has 6 nitrogen and oxygen atoms in total. The number of nitrogens with one attached hydrogen (secondary N) is 1. The van der Waals surface area contributed by atoms with Crippen LogP contribution < -0.4 is 5.32 Å². The van der Waals surface area contributed by atoms with Gasteiger partial charge in [0, 0.05) is 6.54 Å². The molecule has 2 aromatic rings. The minimum Gasteiger partial charge on any atom is -0.376 e. The minimum absolute atomic E-state index is 0.0557. The Kier molecular flexibility index (Phi) is 6.51. The number of alkyl halides is 3. The fraction of sp³-hybridized carbons (Fsp3) is 0.526. The van der Waals surface area contributed by atoms with Gasteiger partial charge in [0.05, 0.1) is 18.4 Å². The van der Waals surface area contributed by atoms with Gasteiger partial charge in [-0.2, -0.15) is 13.2 Å². The predicted octanol–water partition coefficient (Wildman–Crippen LogP) is 3.75. The van der Waals surface area contributed by atoms with Crippen LogP contribution >= 0.6 is 0 Å². The van der Waals surface area contributed by atoms with Crippen LogP contribution in [0.15, 0.2) is 24.3 Å². The number of carbonyl (C=O) groups is 1. The van der Waals surface area contributed by atoms with E-state index in [2.05, 4.69) is 22.6 Å². The first kappa shape index (κ1) is 21.2. The second-order valence-electron chi connectivity index (χ2n) is 7.10. The van der Waals surface area contributed by atoms with Crippen LogP contribution in [0.3, 0.4) is 0 Å². The van der Waals surface area contributed by atoms with E-state index in [-0.39, 0.29) is 24.9 Å². The third kappa shape index (κ3) is 5.11. The lowest BCUT2D eigenvalue weighted by molar-refractivity contribution is -0.143. The maximum absolute atomic E-state index is 13.6. The highest BCUT2D eigenvalue weighted by atomic mass is 19.4. The van der Waals surface area contributed by atoms with Gasteiger partial charge in [-0.15, -0.1) is 5.10 Å². The Morgan fingerprint density at radius 2 is 1.93 bits per heavy atom. The van der Waals surface area contributed by atoms with Crippen LogP contribution in [0, 0.1) is 11.7 Å². The van der Waals surface area contributed by atoms with Crippen molar-refractivity contribution in [2.75, 3.05) is 13.2 Å². The zero-order chi connectivity index (χ0) is 21.0. The van der Waals surface area contributed by atoms with Gasteiger partial charge in [-0.05, 0) is 43.0 Å². The number of benzene rings is 1. The van der Waals surface area contributed by atoms with Gasteiger partial charge >= 0.3 is 6.18 Å². The summed E-state index contributed by atoms with van der Waals surface area (Å²) in [5.41, 5.74) is -2.21. The van der Waals surface area contributed by atoms with Crippen molar-refractivity contribution in [1.82, 2.24) is 20.3 Å². The summed E-state index contributed by atoms with van der Waals surface area (Å²) in [7, 11) is 0. The number of amides is 1. The van der Waals surface area contributed by atoms with Gasteiger partial charge in [-0.3, -0.25) is 4.79 Å². The third-order valence-corrected chi connectivity index (χ3v) is 4.98. The summed E-state index contributed by atoms with van der Waals surface area (Å²) in [6.45, 7) is 2.36. The standard InChI is InChI=1S/C19H22F4N4O2/c1-12-4-2-3-5-15(12)29-11-10-24-18(28)16-17(19(21,22)23)27(26-25-16)14-8-6-13(20)7-9-14/h6-9,12,15H,2-5,10-11H2,1H3,(H,24,28). The molecule has 1 heterocycles. The summed E-state index contributed by atoms with van der Waals surface area (Å²) in [6.07, 6.45) is -0.494. The van der Waals surface area contributed by atoms with E-state index in [1.807, 2.05) is 0 Å². The Bertz CT molecular complexity index is 836. The van der Waals surface area contributed by atoms with Crippen molar-refractivity contribution in [3.63, 3.8) is 0 Å². The first-order valence-electron chi connectivity index (χ1n) is 9.46. The predicted molar refractivity (Wildman–Crippen MR) is 96.0 cm³/mol. The van der Waals surface area contributed by atoms with Crippen LogP contribution in [-0.4, -0.2) is 40.2 Å². The van der Waals surface area contributed by atoms with Gasteiger partial charge in [0.2, 0.25) is 0 Å². The molecule has 0 aliphatic heterocycles. The maximum atomic E-state index is 13.6. The molecule has 0 saturated heterocycles. The van der Waals surface area contributed by atoms with Crippen LogP contribution in [0.25, 0.3) is 5.69 Å². The number of hydrogen-bond acceptors (Lipinski definition) is 4. The molecule has 2 unspecified atom stereocenters. The van der Waals surface area contributed by atoms with Crippen molar-refractivity contribution >= 4 is 5.91 Å². The smallest absolute Gasteiger partial charge is 0.376 e. The Morgan fingerprint density at radius 1 is 1.24 bits per heavy atom. The topological polar surface area (TPSA) is 69.0 Å². The highest BCUT2D eigenvalue weighted by Gasteiger charge is 2.42. The van der Waals surface area contributed by atoms with Crippen molar-refractivity contribution in [3.8, 4) is 5.69 Å². The molecule has 1 N–H and O–H groups in total. The number of ether oxygens (including phenoxy) is 1. The summed E-state index contributed by atoms with van der Waals surface area (Å²) in [4.78, 5) is 12.3. The number of hydrogen-bond donors (Lipinski definition) is 1. The van der Waals surface area contributed by atoms with Crippen LogP contribution in [0.2, 0.25) is 0 Å². The molecule has 29 heavy (non-hydrogen) atoms. The summed E-state index contributed by atoms with van der Waals surface area (Å²) in [5, 5.41) is 9.26. The number of carbonyl (C=O) groups excluding carboxylic acids is 1. The van der Waals surface area contributed by atoms with E-state index in [1.54, 1.807) is 0 Å². The Balaban J connectivity index is 1.67. The molecular weight excluding hydrogens is 392 g/mol. The quantitative estimate of drug-likeness (QED) is 0.578. The molecule has 1 aromatic carbocycles. The van der Waals surface area contributed by atoms with Crippen molar-refractivity contribution in [3.05, 3.63) is 41.5 Å². The average Bonchev–Trinajstić information content (AvgIpc) is 3.13. The molecule has 2 atom stereocenters. The van der Waals surface area contributed by atoms with E-state index in [0.717, 1.165) is 43.5 Å². The molecule has 1 aromatic heterocycles. The van der Waals surface area contributed by atoms with Crippen LogP contribution in [0.4, 0.5) is 17.6 Å². The van der Waals surface area contributed by atoms with Gasteiger partial charge < -0.3 is 10.1 Å². The minimum atomic E-state index is -4.88. The largest absolute Gasteiger partial charge is 0.435 e. The summed E-state index contributed by atoms with van der Waals surface area (Å²) in [6, 6.07) is 4.25. The van der Waals surface area contributed by atoms with Gasteiger partial charge in [0.1, 0.15) is 5.82 Å². The molecule has 0 spiro atoms. The Labute approximate surface area is 165 Å².